The van der Waals surface area contributed by atoms with E-state index in [1.165, 1.54) is 0 Å². The standard InChI is InChI=1S/C20H25N3O4S/c1-3-7-23(17-6-10-28(24,25)14-17)13-16-12-22(2)21-20(16)15-4-5-18-19(11-15)27-9-8-26-18/h3-5,11-12,17H,1,6-10,13-14H2,2H3/t17-/m0/s1. The molecule has 0 bridgehead atoms. The van der Waals surface area contributed by atoms with Gasteiger partial charge in [0.15, 0.2) is 21.3 Å². The van der Waals surface area contributed by atoms with Crippen molar-refractivity contribution >= 4 is 9.84 Å². The number of nitrogens with zero attached hydrogens (tertiary/aromatic N) is 3. The lowest BCUT2D eigenvalue weighted by molar-refractivity contribution is 0.171. The van der Waals surface area contributed by atoms with Crippen LogP contribution in [0.4, 0.5) is 0 Å². The first-order chi connectivity index (χ1) is 13.4. The molecule has 0 N–H and O–H groups in total. The maximum absolute atomic E-state index is 11.9. The molecule has 1 aromatic carbocycles. The van der Waals surface area contributed by atoms with Crippen LogP contribution in [-0.4, -0.2) is 60.4 Å². The Kier molecular flexibility index (Phi) is 5.16. The Morgan fingerprint density at radius 2 is 2.11 bits per heavy atom. The van der Waals surface area contributed by atoms with Crippen molar-refractivity contribution in [3.8, 4) is 22.8 Å². The maximum atomic E-state index is 11.9. The van der Waals surface area contributed by atoms with E-state index in [2.05, 4.69) is 16.6 Å². The van der Waals surface area contributed by atoms with E-state index in [1.807, 2.05) is 37.5 Å². The second kappa shape index (κ2) is 7.60. The van der Waals surface area contributed by atoms with E-state index in [1.54, 1.807) is 4.68 Å². The minimum absolute atomic E-state index is 0.0105. The number of fused-ring (bicyclic) bond motifs is 1. The van der Waals surface area contributed by atoms with Gasteiger partial charge in [-0.15, -0.1) is 6.58 Å². The smallest absolute Gasteiger partial charge is 0.162 e. The van der Waals surface area contributed by atoms with E-state index in [4.69, 9.17) is 9.47 Å². The van der Waals surface area contributed by atoms with Gasteiger partial charge in [0.1, 0.15) is 13.2 Å². The second-order valence-electron chi connectivity index (χ2n) is 7.31. The summed E-state index contributed by atoms with van der Waals surface area (Å²) in [5.74, 6) is 1.94. The van der Waals surface area contributed by atoms with Gasteiger partial charge < -0.3 is 9.47 Å². The molecule has 2 aliphatic heterocycles. The molecule has 1 aromatic heterocycles. The quantitative estimate of drug-likeness (QED) is 0.687. The van der Waals surface area contributed by atoms with Crippen LogP contribution in [0, 0.1) is 0 Å². The average Bonchev–Trinajstić information content (AvgIpc) is 3.22. The molecular weight excluding hydrogens is 378 g/mol. The highest BCUT2D eigenvalue weighted by atomic mass is 32.2. The van der Waals surface area contributed by atoms with Crippen LogP contribution < -0.4 is 9.47 Å². The molecule has 1 fully saturated rings. The predicted octanol–water partition coefficient (Wildman–Crippen LogP) is 2.03. The van der Waals surface area contributed by atoms with E-state index in [0.717, 1.165) is 28.3 Å². The fourth-order valence-electron chi connectivity index (χ4n) is 3.88. The molecule has 0 amide bonds. The first-order valence-corrected chi connectivity index (χ1v) is 11.3. The molecule has 3 heterocycles. The van der Waals surface area contributed by atoms with Gasteiger partial charge in [0.05, 0.1) is 17.2 Å². The summed E-state index contributed by atoms with van der Waals surface area (Å²) in [6.07, 6.45) is 4.48. The molecule has 8 heteroatoms. The van der Waals surface area contributed by atoms with Crippen LogP contribution in [0.15, 0.2) is 37.1 Å². The van der Waals surface area contributed by atoms with Crippen molar-refractivity contribution in [3.63, 3.8) is 0 Å². The Labute approximate surface area is 165 Å². The van der Waals surface area contributed by atoms with E-state index in [0.29, 0.717) is 32.7 Å². The van der Waals surface area contributed by atoms with Crippen molar-refractivity contribution in [2.45, 2.75) is 19.0 Å². The second-order valence-corrected chi connectivity index (χ2v) is 9.54. The number of sulfone groups is 1. The number of aryl methyl sites for hydroxylation is 1. The largest absolute Gasteiger partial charge is 0.486 e. The number of ether oxygens (including phenoxy) is 2. The van der Waals surface area contributed by atoms with Crippen LogP contribution in [0.1, 0.15) is 12.0 Å². The van der Waals surface area contributed by atoms with Gasteiger partial charge in [-0.05, 0) is 24.6 Å². The average molecular weight is 404 g/mol. The molecule has 28 heavy (non-hydrogen) atoms. The third-order valence-corrected chi connectivity index (χ3v) is 6.93. The zero-order valence-electron chi connectivity index (χ0n) is 16.0. The Hall–Kier alpha value is -2.32. The highest BCUT2D eigenvalue weighted by Gasteiger charge is 2.32. The van der Waals surface area contributed by atoms with Gasteiger partial charge in [0, 0.05) is 43.5 Å². The first-order valence-electron chi connectivity index (χ1n) is 9.43. The maximum Gasteiger partial charge on any atom is 0.162 e. The van der Waals surface area contributed by atoms with Crippen LogP contribution in [-0.2, 0) is 23.4 Å². The molecule has 0 spiro atoms. The predicted molar refractivity (Wildman–Crippen MR) is 107 cm³/mol. The monoisotopic (exact) mass is 403 g/mol. The zero-order valence-corrected chi connectivity index (χ0v) is 16.8. The number of benzene rings is 1. The number of aromatic nitrogens is 2. The summed E-state index contributed by atoms with van der Waals surface area (Å²) in [5.41, 5.74) is 2.87. The summed E-state index contributed by atoms with van der Waals surface area (Å²) in [6.45, 7) is 6.19. The molecule has 2 aromatic rings. The van der Waals surface area contributed by atoms with Gasteiger partial charge in [-0.1, -0.05) is 6.08 Å². The van der Waals surface area contributed by atoms with Crippen molar-refractivity contribution < 1.29 is 17.9 Å². The minimum atomic E-state index is -2.95. The fourth-order valence-corrected chi connectivity index (χ4v) is 5.64. The summed E-state index contributed by atoms with van der Waals surface area (Å²) in [4.78, 5) is 2.18. The summed E-state index contributed by atoms with van der Waals surface area (Å²) in [7, 11) is -1.05. The van der Waals surface area contributed by atoms with Crippen molar-refractivity contribution in [1.82, 2.24) is 14.7 Å². The topological polar surface area (TPSA) is 73.7 Å². The van der Waals surface area contributed by atoms with Gasteiger partial charge in [-0.3, -0.25) is 9.58 Å². The molecule has 0 unspecified atom stereocenters. The van der Waals surface area contributed by atoms with Crippen molar-refractivity contribution in [3.05, 3.63) is 42.6 Å². The van der Waals surface area contributed by atoms with Crippen molar-refractivity contribution in [2.75, 3.05) is 31.3 Å². The normalized spacial score (nSPS) is 20.4. The van der Waals surface area contributed by atoms with E-state index < -0.39 is 9.84 Å². The lowest BCUT2D eigenvalue weighted by Gasteiger charge is -2.26. The zero-order chi connectivity index (χ0) is 19.7. The van der Waals surface area contributed by atoms with Gasteiger partial charge in [0.2, 0.25) is 0 Å². The third-order valence-electron chi connectivity index (χ3n) is 5.18. The first kappa shape index (κ1) is 19.0. The Bertz CT molecular complexity index is 983. The van der Waals surface area contributed by atoms with Crippen LogP contribution >= 0.6 is 0 Å². The fraction of sp³-hybridized carbons (Fsp3) is 0.450. The summed E-state index contributed by atoms with van der Waals surface area (Å²) < 4.78 is 37.0. The lowest BCUT2D eigenvalue weighted by Crippen LogP contribution is -2.35. The van der Waals surface area contributed by atoms with E-state index >= 15 is 0 Å². The third kappa shape index (κ3) is 3.93. The van der Waals surface area contributed by atoms with E-state index in [9.17, 15) is 8.42 Å². The molecule has 0 radical (unpaired) electrons. The van der Waals surface area contributed by atoms with Crippen LogP contribution in [0.3, 0.4) is 0 Å². The van der Waals surface area contributed by atoms with Gasteiger partial charge in [-0.2, -0.15) is 5.10 Å². The lowest BCUT2D eigenvalue weighted by atomic mass is 10.1. The van der Waals surface area contributed by atoms with Gasteiger partial charge >= 0.3 is 0 Å². The summed E-state index contributed by atoms with van der Waals surface area (Å²) in [6, 6.07) is 5.86. The summed E-state index contributed by atoms with van der Waals surface area (Å²) in [5, 5.41) is 4.65. The Balaban J connectivity index is 1.62. The molecule has 150 valence electrons. The molecule has 0 saturated carbocycles. The molecular formula is C20H25N3O4S. The molecule has 7 nitrogen and oxygen atoms in total. The Morgan fingerprint density at radius 1 is 1.32 bits per heavy atom. The molecule has 1 saturated heterocycles. The van der Waals surface area contributed by atoms with Gasteiger partial charge in [0.25, 0.3) is 0 Å². The SMILES string of the molecule is C=CCN(Cc1cn(C)nc1-c1ccc2c(c1)OCCO2)[C@H]1CCS(=O)(=O)C1. The molecule has 4 rings (SSSR count). The van der Waals surface area contributed by atoms with Crippen molar-refractivity contribution in [1.29, 1.82) is 0 Å². The highest BCUT2D eigenvalue weighted by molar-refractivity contribution is 7.91. The highest BCUT2D eigenvalue weighted by Crippen LogP contribution is 2.35. The number of hydrogen-bond donors (Lipinski definition) is 0. The minimum Gasteiger partial charge on any atom is -0.486 e. The number of hydrogen-bond acceptors (Lipinski definition) is 6. The van der Waals surface area contributed by atoms with Crippen LogP contribution in [0.25, 0.3) is 11.3 Å². The van der Waals surface area contributed by atoms with Crippen LogP contribution in [0.5, 0.6) is 11.5 Å². The molecule has 2 aliphatic rings. The van der Waals surface area contributed by atoms with Gasteiger partial charge in [-0.25, -0.2) is 8.42 Å². The van der Waals surface area contributed by atoms with Crippen molar-refractivity contribution in [2.24, 2.45) is 7.05 Å². The van der Waals surface area contributed by atoms with Crippen LogP contribution in [0.2, 0.25) is 0 Å². The number of rotatable bonds is 6. The Morgan fingerprint density at radius 3 is 2.82 bits per heavy atom. The molecule has 1 atom stereocenters. The molecule has 0 aliphatic carbocycles. The summed E-state index contributed by atoms with van der Waals surface area (Å²) >= 11 is 0. The van der Waals surface area contributed by atoms with E-state index in [-0.39, 0.29) is 17.5 Å².